The summed E-state index contributed by atoms with van der Waals surface area (Å²) in [5.74, 6) is -3.90. The van der Waals surface area contributed by atoms with E-state index in [2.05, 4.69) is 15.9 Å². The molecule has 0 aliphatic rings. The van der Waals surface area contributed by atoms with E-state index in [0.717, 1.165) is 6.07 Å². The van der Waals surface area contributed by atoms with Crippen LogP contribution in [0.15, 0.2) is 34.8 Å². The van der Waals surface area contributed by atoms with Crippen molar-refractivity contribution >= 4 is 15.9 Å². The summed E-state index contributed by atoms with van der Waals surface area (Å²) in [5.41, 5.74) is 0.0737. The molecular formula is C13H5BrF3NO. The van der Waals surface area contributed by atoms with Gasteiger partial charge < -0.3 is 4.74 Å². The molecule has 96 valence electrons. The second kappa shape index (κ2) is 5.33. The Labute approximate surface area is 115 Å². The van der Waals surface area contributed by atoms with Gasteiger partial charge in [-0.1, -0.05) is 6.07 Å². The molecule has 0 aliphatic carbocycles. The highest BCUT2D eigenvalue weighted by Crippen LogP contribution is 2.32. The summed E-state index contributed by atoms with van der Waals surface area (Å²) in [4.78, 5) is 0. The number of ether oxygens (including phenoxy) is 1. The maximum Gasteiger partial charge on any atom is 0.201 e. The molecule has 19 heavy (non-hydrogen) atoms. The van der Waals surface area contributed by atoms with Crippen molar-refractivity contribution < 1.29 is 17.9 Å². The first-order valence-corrected chi connectivity index (χ1v) is 5.84. The molecule has 0 unspecified atom stereocenters. The molecule has 0 amide bonds. The molecule has 0 atom stereocenters. The number of benzene rings is 2. The van der Waals surface area contributed by atoms with Gasteiger partial charge in [0.05, 0.1) is 10.0 Å². The number of nitrogens with zero attached hydrogens (tertiary/aromatic N) is 1. The van der Waals surface area contributed by atoms with Crippen LogP contribution in [0.5, 0.6) is 11.5 Å². The summed E-state index contributed by atoms with van der Waals surface area (Å²) in [5, 5.41) is 8.71. The van der Waals surface area contributed by atoms with Gasteiger partial charge in [-0.05, 0) is 40.2 Å². The van der Waals surface area contributed by atoms with Crippen LogP contribution in [0.1, 0.15) is 5.56 Å². The Balaban J connectivity index is 2.43. The number of halogens is 4. The first kappa shape index (κ1) is 13.4. The Hall–Kier alpha value is -2.00. The highest BCUT2D eigenvalue weighted by molar-refractivity contribution is 9.10. The Bertz CT molecular complexity index is 682. The number of nitriles is 1. The zero-order chi connectivity index (χ0) is 14.0. The van der Waals surface area contributed by atoms with Crippen LogP contribution >= 0.6 is 15.9 Å². The summed E-state index contributed by atoms with van der Waals surface area (Å²) in [6, 6.07) is 7.58. The van der Waals surface area contributed by atoms with Crippen molar-refractivity contribution in [2.45, 2.75) is 0 Å². The van der Waals surface area contributed by atoms with Gasteiger partial charge in [-0.2, -0.15) is 9.65 Å². The van der Waals surface area contributed by atoms with Gasteiger partial charge in [0.2, 0.25) is 5.82 Å². The lowest BCUT2D eigenvalue weighted by atomic mass is 10.2. The van der Waals surface area contributed by atoms with E-state index in [9.17, 15) is 13.2 Å². The number of hydrogen-bond donors (Lipinski definition) is 0. The minimum Gasteiger partial charge on any atom is -0.451 e. The van der Waals surface area contributed by atoms with E-state index < -0.39 is 23.2 Å². The first-order chi connectivity index (χ1) is 9.04. The highest BCUT2D eigenvalue weighted by atomic mass is 79.9. The van der Waals surface area contributed by atoms with Gasteiger partial charge in [-0.25, -0.2) is 8.78 Å². The van der Waals surface area contributed by atoms with Gasteiger partial charge in [0.25, 0.3) is 0 Å². The summed E-state index contributed by atoms with van der Waals surface area (Å²) in [6.07, 6.45) is 0. The zero-order valence-electron chi connectivity index (χ0n) is 9.25. The largest absolute Gasteiger partial charge is 0.451 e. The smallest absolute Gasteiger partial charge is 0.201 e. The molecule has 0 radical (unpaired) electrons. The molecule has 0 fully saturated rings. The lowest BCUT2D eigenvalue weighted by molar-refractivity contribution is 0.396. The fourth-order valence-electron chi connectivity index (χ4n) is 1.38. The van der Waals surface area contributed by atoms with Gasteiger partial charge in [0.1, 0.15) is 6.07 Å². The predicted octanol–water partition coefficient (Wildman–Crippen LogP) is 4.53. The molecule has 0 saturated carbocycles. The molecule has 0 aromatic heterocycles. The van der Waals surface area contributed by atoms with E-state index in [4.69, 9.17) is 10.00 Å². The molecule has 2 rings (SSSR count). The van der Waals surface area contributed by atoms with Crippen molar-refractivity contribution in [3.63, 3.8) is 0 Å². The first-order valence-electron chi connectivity index (χ1n) is 5.04. The minimum atomic E-state index is -1.21. The molecule has 0 N–H and O–H groups in total. The summed E-state index contributed by atoms with van der Waals surface area (Å²) >= 11 is 2.89. The van der Waals surface area contributed by atoms with Gasteiger partial charge >= 0.3 is 0 Å². The Morgan fingerprint density at radius 1 is 1.00 bits per heavy atom. The van der Waals surface area contributed by atoms with Crippen LogP contribution in [0, 0.1) is 28.8 Å². The summed E-state index contributed by atoms with van der Waals surface area (Å²) < 4.78 is 45.1. The third-order valence-electron chi connectivity index (χ3n) is 2.30. The van der Waals surface area contributed by atoms with E-state index in [1.165, 1.54) is 24.3 Å². The van der Waals surface area contributed by atoms with Crippen molar-refractivity contribution in [3.8, 4) is 17.6 Å². The van der Waals surface area contributed by atoms with Crippen LogP contribution in [0.3, 0.4) is 0 Å². The normalized spacial score (nSPS) is 10.1. The van der Waals surface area contributed by atoms with Crippen LogP contribution in [-0.2, 0) is 0 Å². The number of rotatable bonds is 2. The average molecular weight is 328 g/mol. The van der Waals surface area contributed by atoms with Gasteiger partial charge in [0, 0.05) is 0 Å². The van der Waals surface area contributed by atoms with Crippen molar-refractivity contribution in [2.75, 3.05) is 0 Å². The van der Waals surface area contributed by atoms with Crippen molar-refractivity contribution in [1.29, 1.82) is 5.26 Å². The summed E-state index contributed by atoms with van der Waals surface area (Å²) in [6.45, 7) is 0. The van der Waals surface area contributed by atoms with Gasteiger partial charge in [0.15, 0.2) is 23.1 Å². The molecule has 0 spiro atoms. The molecule has 0 aliphatic heterocycles. The summed E-state index contributed by atoms with van der Waals surface area (Å²) in [7, 11) is 0. The third kappa shape index (κ3) is 2.56. The lowest BCUT2D eigenvalue weighted by Gasteiger charge is -2.09. The third-order valence-corrected chi connectivity index (χ3v) is 3.08. The van der Waals surface area contributed by atoms with E-state index in [-0.39, 0.29) is 15.8 Å². The van der Waals surface area contributed by atoms with E-state index >= 15 is 0 Å². The van der Waals surface area contributed by atoms with Gasteiger partial charge in [-0.3, -0.25) is 0 Å². The Kier molecular flexibility index (Phi) is 3.76. The second-order valence-corrected chi connectivity index (χ2v) is 4.30. The van der Waals surface area contributed by atoms with E-state index in [1.54, 1.807) is 6.07 Å². The van der Waals surface area contributed by atoms with Crippen LogP contribution in [0.4, 0.5) is 13.2 Å². The number of hydrogen-bond acceptors (Lipinski definition) is 2. The highest BCUT2D eigenvalue weighted by Gasteiger charge is 2.15. The van der Waals surface area contributed by atoms with Crippen LogP contribution < -0.4 is 4.74 Å². The molecule has 2 aromatic carbocycles. The maximum atomic E-state index is 13.8. The van der Waals surface area contributed by atoms with E-state index in [0.29, 0.717) is 0 Å². The van der Waals surface area contributed by atoms with Crippen LogP contribution in [0.2, 0.25) is 0 Å². The molecule has 0 saturated heterocycles. The topological polar surface area (TPSA) is 33.0 Å². The van der Waals surface area contributed by atoms with Crippen LogP contribution in [0.25, 0.3) is 0 Å². The fraction of sp³-hybridized carbons (Fsp3) is 0. The van der Waals surface area contributed by atoms with Gasteiger partial charge in [-0.15, -0.1) is 0 Å². The standard InChI is InChI=1S/C13H5BrF3NO/c14-11-7(6-18)4-5-10(13(11)17)19-9-3-1-2-8(15)12(9)16/h1-5H. The SMILES string of the molecule is N#Cc1ccc(Oc2cccc(F)c2F)c(F)c1Br. The zero-order valence-corrected chi connectivity index (χ0v) is 10.8. The van der Waals surface area contributed by atoms with Crippen molar-refractivity contribution in [2.24, 2.45) is 0 Å². The minimum absolute atomic E-state index is 0.0737. The molecule has 2 nitrogen and oxygen atoms in total. The van der Waals surface area contributed by atoms with Crippen molar-refractivity contribution in [3.05, 3.63) is 57.8 Å². The average Bonchev–Trinajstić information content (AvgIpc) is 2.40. The molecule has 2 aromatic rings. The molecule has 0 bridgehead atoms. The van der Waals surface area contributed by atoms with E-state index in [1.807, 2.05) is 0 Å². The van der Waals surface area contributed by atoms with Crippen molar-refractivity contribution in [1.82, 2.24) is 0 Å². The maximum absolute atomic E-state index is 13.8. The Morgan fingerprint density at radius 3 is 2.37 bits per heavy atom. The monoisotopic (exact) mass is 327 g/mol. The molecular weight excluding hydrogens is 323 g/mol. The quantitative estimate of drug-likeness (QED) is 0.811. The molecule has 0 heterocycles. The lowest BCUT2D eigenvalue weighted by Crippen LogP contribution is -1.95. The molecule has 6 heteroatoms. The Morgan fingerprint density at radius 2 is 1.68 bits per heavy atom. The van der Waals surface area contributed by atoms with Crippen LogP contribution in [-0.4, -0.2) is 0 Å². The predicted molar refractivity (Wildman–Crippen MR) is 65.2 cm³/mol. The fourth-order valence-corrected chi connectivity index (χ4v) is 1.79. The second-order valence-electron chi connectivity index (χ2n) is 3.51.